The highest BCUT2D eigenvalue weighted by molar-refractivity contribution is 7.12. The van der Waals surface area contributed by atoms with Crippen LogP contribution in [0.25, 0.3) is 0 Å². The SMILES string of the molecule is CCc1ccsc1C(=O)NC1(CCl)CCOCC1. The van der Waals surface area contributed by atoms with Crippen molar-refractivity contribution < 1.29 is 9.53 Å². The minimum Gasteiger partial charge on any atom is -0.381 e. The quantitative estimate of drug-likeness (QED) is 0.865. The molecular formula is C13H18ClNO2S. The number of alkyl halides is 1. The van der Waals surface area contributed by atoms with Crippen molar-refractivity contribution in [2.24, 2.45) is 0 Å². The van der Waals surface area contributed by atoms with Crippen molar-refractivity contribution in [1.29, 1.82) is 0 Å². The lowest BCUT2D eigenvalue weighted by atomic mass is 9.92. The van der Waals surface area contributed by atoms with Gasteiger partial charge in [0.05, 0.1) is 10.4 Å². The molecule has 0 aliphatic carbocycles. The molecular weight excluding hydrogens is 270 g/mol. The average molecular weight is 288 g/mol. The van der Waals surface area contributed by atoms with Gasteiger partial charge in [0.15, 0.2) is 0 Å². The highest BCUT2D eigenvalue weighted by Crippen LogP contribution is 2.24. The highest BCUT2D eigenvalue weighted by atomic mass is 35.5. The molecule has 1 aromatic rings. The molecule has 0 radical (unpaired) electrons. The summed E-state index contributed by atoms with van der Waals surface area (Å²) < 4.78 is 5.34. The minimum atomic E-state index is -0.300. The molecule has 0 spiro atoms. The normalized spacial score (nSPS) is 18.6. The molecule has 0 bridgehead atoms. The number of thiophene rings is 1. The fourth-order valence-electron chi connectivity index (χ4n) is 2.17. The van der Waals surface area contributed by atoms with E-state index in [4.69, 9.17) is 16.3 Å². The smallest absolute Gasteiger partial charge is 0.262 e. The Balaban J connectivity index is 2.10. The molecule has 1 amide bonds. The molecule has 2 heterocycles. The van der Waals surface area contributed by atoms with E-state index in [1.165, 1.54) is 11.3 Å². The topological polar surface area (TPSA) is 38.3 Å². The highest BCUT2D eigenvalue weighted by Gasteiger charge is 2.34. The molecule has 1 aromatic heterocycles. The van der Waals surface area contributed by atoms with Crippen molar-refractivity contribution in [1.82, 2.24) is 5.32 Å². The number of aryl methyl sites for hydroxylation is 1. The molecule has 0 atom stereocenters. The molecule has 18 heavy (non-hydrogen) atoms. The molecule has 0 unspecified atom stereocenters. The summed E-state index contributed by atoms with van der Waals surface area (Å²) >= 11 is 7.54. The fourth-order valence-corrected chi connectivity index (χ4v) is 3.39. The second-order valence-corrected chi connectivity index (χ2v) is 5.79. The van der Waals surface area contributed by atoms with Crippen molar-refractivity contribution in [2.45, 2.75) is 31.7 Å². The van der Waals surface area contributed by atoms with Gasteiger partial charge in [-0.15, -0.1) is 22.9 Å². The molecule has 3 nitrogen and oxygen atoms in total. The van der Waals surface area contributed by atoms with Crippen LogP contribution in [0.5, 0.6) is 0 Å². The first-order valence-electron chi connectivity index (χ1n) is 6.23. The maximum absolute atomic E-state index is 12.3. The van der Waals surface area contributed by atoms with E-state index < -0.39 is 0 Å². The molecule has 5 heteroatoms. The number of nitrogens with one attached hydrogen (secondary N) is 1. The zero-order valence-corrected chi connectivity index (χ0v) is 12.1. The van der Waals surface area contributed by atoms with Gasteiger partial charge in [-0.1, -0.05) is 6.92 Å². The van der Waals surface area contributed by atoms with Crippen LogP contribution in [0, 0.1) is 0 Å². The second kappa shape index (κ2) is 6.04. The Morgan fingerprint density at radius 3 is 2.89 bits per heavy atom. The first-order valence-corrected chi connectivity index (χ1v) is 7.65. The second-order valence-electron chi connectivity index (χ2n) is 4.61. The van der Waals surface area contributed by atoms with E-state index in [0.29, 0.717) is 19.1 Å². The number of carbonyl (C=O) groups excluding carboxylic acids is 1. The third-order valence-electron chi connectivity index (χ3n) is 3.42. The molecule has 1 N–H and O–H groups in total. The molecule has 1 aliphatic rings. The number of halogens is 1. The van der Waals surface area contributed by atoms with Gasteiger partial charge in [-0.05, 0) is 36.3 Å². The van der Waals surface area contributed by atoms with Crippen molar-refractivity contribution >= 4 is 28.8 Å². The molecule has 1 aliphatic heterocycles. The summed E-state index contributed by atoms with van der Waals surface area (Å²) in [6.07, 6.45) is 2.45. The Morgan fingerprint density at radius 1 is 1.56 bits per heavy atom. The number of ether oxygens (including phenoxy) is 1. The van der Waals surface area contributed by atoms with Crippen molar-refractivity contribution in [3.8, 4) is 0 Å². The summed E-state index contributed by atoms with van der Waals surface area (Å²) in [5.74, 6) is 0.443. The van der Waals surface area contributed by atoms with Crippen LogP contribution in [-0.4, -0.2) is 30.5 Å². The van der Waals surface area contributed by atoms with Gasteiger partial charge in [0, 0.05) is 19.1 Å². The van der Waals surface area contributed by atoms with E-state index in [1.54, 1.807) is 0 Å². The van der Waals surface area contributed by atoms with Gasteiger partial charge in [-0.25, -0.2) is 0 Å². The molecule has 0 aromatic carbocycles. The van der Waals surface area contributed by atoms with Crippen molar-refractivity contribution in [2.75, 3.05) is 19.1 Å². The van der Waals surface area contributed by atoms with Gasteiger partial charge in [-0.2, -0.15) is 0 Å². The summed E-state index contributed by atoms with van der Waals surface area (Å²) in [5, 5.41) is 5.08. The molecule has 1 fully saturated rings. The Morgan fingerprint density at radius 2 is 2.28 bits per heavy atom. The van der Waals surface area contributed by atoms with Crippen molar-refractivity contribution in [3.05, 3.63) is 21.9 Å². The van der Waals surface area contributed by atoms with E-state index in [1.807, 2.05) is 11.4 Å². The van der Waals surface area contributed by atoms with Crippen LogP contribution >= 0.6 is 22.9 Å². The molecule has 100 valence electrons. The predicted molar refractivity (Wildman–Crippen MR) is 74.7 cm³/mol. The number of rotatable bonds is 4. The summed E-state index contributed by atoms with van der Waals surface area (Å²) in [6, 6.07) is 2.01. The van der Waals surface area contributed by atoms with E-state index in [0.717, 1.165) is 29.7 Å². The van der Waals surface area contributed by atoms with Gasteiger partial charge >= 0.3 is 0 Å². The zero-order valence-electron chi connectivity index (χ0n) is 10.5. The predicted octanol–water partition coefficient (Wildman–Crippen LogP) is 2.83. The van der Waals surface area contributed by atoms with Crippen molar-refractivity contribution in [3.63, 3.8) is 0 Å². The summed E-state index contributed by atoms with van der Waals surface area (Å²) in [6.45, 7) is 3.39. The minimum absolute atomic E-state index is 0.00407. The van der Waals surface area contributed by atoms with Crippen LogP contribution < -0.4 is 5.32 Å². The third-order valence-corrected chi connectivity index (χ3v) is 4.89. The number of carbonyl (C=O) groups is 1. The molecule has 1 saturated heterocycles. The van der Waals surface area contributed by atoms with Crippen LogP contribution in [0.1, 0.15) is 35.0 Å². The Bertz CT molecular complexity index is 413. The van der Waals surface area contributed by atoms with Crippen LogP contribution in [0.15, 0.2) is 11.4 Å². The van der Waals surface area contributed by atoms with E-state index in [9.17, 15) is 4.79 Å². The molecule has 0 saturated carbocycles. The van der Waals surface area contributed by atoms with Crippen LogP contribution in [0.2, 0.25) is 0 Å². The number of amides is 1. The van der Waals surface area contributed by atoms with E-state index in [2.05, 4.69) is 12.2 Å². The lowest BCUT2D eigenvalue weighted by molar-refractivity contribution is 0.0435. The molecule has 2 rings (SSSR count). The first-order chi connectivity index (χ1) is 8.71. The Labute approximate surface area is 116 Å². The Kier molecular flexibility index (Phi) is 4.65. The third kappa shape index (κ3) is 2.87. The monoisotopic (exact) mass is 287 g/mol. The largest absolute Gasteiger partial charge is 0.381 e. The standard InChI is InChI=1S/C13H18ClNO2S/c1-2-10-3-8-18-11(10)12(16)15-13(9-14)4-6-17-7-5-13/h3,8H,2,4-7,9H2,1H3,(H,15,16). The first kappa shape index (κ1) is 13.8. The maximum Gasteiger partial charge on any atom is 0.262 e. The number of hydrogen-bond donors (Lipinski definition) is 1. The van der Waals surface area contributed by atoms with Gasteiger partial charge in [0.25, 0.3) is 5.91 Å². The lowest BCUT2D eigenvalue weighted by Crippen LogP contribution is -2.53. The van der Waals surface area contributed by atoms with Gasteiger partial charge in [0.1, 0.15) is 0 Å². The zero-order chi connectivity index (χ0) is 13.0. The fraction of sp³-hybridized carbons (Fsp3) is 0.615. The van der Waals surface area contributed by atoms with Gasteiger partial charge in [-0.3, -0.25) is 4.79 Å². The van der Waals surface area contributed by atoms with E-state index >= 15 is 0 Å². The Hall–Kier alpha value is -0.580. The summed E-state index contributed by atoms with van der Waals surface area (Å²) in [5.41, 5.74) is 0.806. The number of hydrogen-bond acceptors (Lipinski definition) is 3. The summed E-state index contributed by atoms with van der Waals surface area (Å²) in [7, 11) is 0. The lowest BCUT2D eigenvalue weighted by Gasteiger charge is -2.36. The van der Waals surface area contributed by atoms with Gasteiger partial charge < -0.3 is 10.1 Å². The summed E-state index contributed by atoms with van der Waals surface area (Å²) in [4.78, 5) is 13.1. The van der Waals surface area contributed by atoms with Crippen LogP contribution in [-0.2, 0) is 11.2 Å². The average Bonchev–Trinajstić information content (AvgIpc) is 2.88. The van der Waals surface area contributed by atoms with E-state index in [-0.39, 0.29) is 11.4 Å². The maximum atomic E-state index is 12.3. The van der Waals surface area contributed by atoms with Crippen LogP contribution in [0.4, 0.5) is 0 Å². The van der Waals surface area contributed by atoms with Crippen LogP contribution in [0.3, 0.4) is 0 Å². The van der Waals surface area contributed by atoms with Gasteiger partial charge in [0.2, 0.25) is 0 Å².